The summed E-state index contributed by atoms with van der Waals surface area (Å²) in [6.07, 6.45) is 3.84. The summed E-state index contributed by atoms with van der Waals surface area (Å²) >= 11 is 0. The van der Waals surface area contributed by atoms with Crippen molar-refractivity contribution < 1.29 is 33.4 Å². The number of H-pyrrole nitrogens is 2. The fraction of sp³-hybridized carbons (Fsp3) is 0.429. The van der Waals surface area contributed by atoms with Crippen molar-refractivity contribution >= 4 is 24.0 Å². The van der Waals surface area contributed by atoms with E-state index >= 15 is 0 Å². The maximum Gasteiger partial charge on any atom is 0.407 e. The average molecular weight is 779 g/mol. The zero-order valence-corrected chi connectivity index (χ0v) is 33.1. The number of aromatic amines is 2. The van der Waals surface area contributed by atoms with E-state index in [2.05, 4.69) is 42.4 Å². The highest BCUT2D eigenvalue weighted by atomic mass is 16.5. The van der Waals surface area contributed by atoms with Crippen molar-refractivity contribution in [2.24, 2.45) is 11.8 Å². The van der Waals surface area contributed by atoms with Gasteiger partial charge in [0.25, 0.3) is 0 Å². The molecule has 2 aliphatic heterocycles. The van der Waals surface area contributed by atoms with E-state index in [1.165, 1.54) is 14.2 Å². The summed E-state index contributed by atoms with van der Waals surface area (Å²) in [5, 5.41) is 5.35. The monoisotopic (exact) mass is 778 g/mol. The van der Waals surface area contributed by atoms with Gasteiger partial charge in [-0.15, -0.1) is 0 Å². The number of hydrogen-bond donors (Lipinski definition) is 4. The number of methoxy groups -OCH3 is 2. The number of nitrogens with zero attached hydrogens (tertiary/aromatic N) is 4. The number of ether oxygens (including phenoxy) is 3. The number of alkyl carbamates (subject to hydrolysis) is 2. The molecule has 0 aliphatic carbocycles. The van der Waals surface area contributed by atoms with Gasteiger partial charge in [0.2, 0.25) is 11.8 Å². The third-order valence-electron chi connectivity index (χ3n) is 10.3. The Morgan fingerprint density at radius 3 is 1.63 bits per heavy atom. The molecule has 0 saturated carbocycles. The zero-order chi connectivity index (χ0) is 40.6. The van der Waals surface area contributed by atoms with Gasteiger partial charge in [-0.2, -0.15) is 0 Å². The average Bonchev–Trinajstić information content (AvgIpc) is 4.03. The van der Waals surface area contributed by atoms with Crippen LogP contribution in [0.25, 0.3) is 22.5 Å². The van der Waals surface area contributed by atoms with Crippen LogP contribution in [0.2, 0.25) is 0 Å². The zero-order valence-electron chi connectivity index (χ0n) is 33.1. The van der Waals surface area contributed by atoms with Crippen molar-refractivity contribution in [3.8, 4) is 34.4 Å². The number of imidazole rings is 2. The maximum atomic E-state index is 13.6. The number of aromatic nitrogens is 4. The first kappa shape index (κ1) is 40.5. The summed E-state index contributed by atoms with van der Waals surface area (Å²) in [5.41, 5.74) is 5.16. The van der Waals surface area contributed by atoms with Gasteiger partial charge in [0.05, 0.1) is 57.3 Å². The SMILES string of the molecule is COC(=O)N[C@H](C(=O)N1CCC[C@H]1c1ncc(-c2ccc(C#Cc3ccc(-c4cnc([C@@H]5COCCN5C(=O)[C@@H](NC(=O)OC)C(C)C)[nH]4)cc3)cc2)[nH]1)C(C)C. The predicted octanol–water partition coefficient (Wildman–Crippen LogP) is 5.19. The van der Waals surface area contributed by atoms with E-state index < -0.39 is 30.3 Å². The van der Waals surface area contributed by atoms with E-state index in [1.54, 1.807) is 22.2 Å². The number of benzene rings is 2. The number of hydrogen-bond acceptors (Lipinski definition) is 9. The summed E-state index contributed by atoms with van der Waals surface area (Å²) in [7, 11) is 2.55. The van der Waals surface area contributed by atoms with Crippen molar-refractivity contribution in [3.63, 3.8) is 0 Å². The molecule has 6 rings (SSSR count). The molecule has 15 nitrogen and oxygen atoms in total. The smallest absolute Gasteiger partial charge is 0.407 e. The molecule has 4 N–H and O–H groups in total. The third-order valence-corrected chi connectivity index (χ3v) is 10.3. The number of amides is 4. The molecule has 0 unspecified atom stereocenters. The van der Waals surface area contributed by atoms with Gasteiger partial charge >= 0.3 is 12.2 Å². The van der Waals surface area contributed by atoms with Crippen LogP contribution in [0.3, 0.4) is 0 Å². The minimum absolute atomic E-state index is 0.110. The first-order valence-electron chi connectivity index (χ1n) is 19.2. The van der Waals surface area contributed by atoms with E-state index in [9.17, 15) is 19.2 Å². The highest BCUT2D eigenvalue weighted by Gasteiger charge is 2.38. The highest BCUT2D eigenvalue weighted by Crippen LogP contribution is 2.33. The van der Waals surface area contributed by atoms with Crippen molar-refractivity contribution in [1.29, 1.82) is 0 Å². The number of likely N-dealkylation sites (tertiary alicyclic amines) is 1. The van der Waals surface area contributed by atoms with Gasteiger partial charge in [0, 0.05) is 24.2 Å². The van der Waals surface area contributed by atoms with Gasteiger partial charge in [0.1, 0.15) is 29.8 Å². The number of nitrogens with one attached hydrogen (secondary N) is 4. The molecule has 0 radical (unpaired) electrons. The summed E-state index contributed by atoms with van der Waals surface area (Å²) in [6.45, 7) is 9.15. The molecular formula is C42H50N8O7. The van der Waals surface area contributed by atoms with E-state index in [-0.39, 0.29) is 36.3 Å². The molecule has 4 aromatic rings. The second-order valence-corrected chi connectivity index (χ2v) is 14.8. The minimum atomic E-state index is -0.750. The van der Waals surface area contributed by atoms with Crippen LogP contribution in [-0.4, -0.2) is 106 Å². The molecule has 0 spiro atoms. The van der Waals surface area contributed by atoms with E-state index in [0.717, 1.165) is 46.5 Å². The van der Waals surface area contributed by atoms with Gasteiger partial charge in [0.15, 0.2) is 0 Å². The van der Waals surface area contributed by atoms with Crippen LogP contribution >= 0.6 is 0 Å². The second-order valence-electron chi connectivity index (χ2n) is 14.8. The van der Waals surface area contributed by atoms with E-state index in [1.807, 2.05) is 76.2 Å². The number of carbonyl (C=O) groups is 4. The lowest BCUT2D eigenvalue weighted by Gasteiger charge is -2.37. The van der Waals surface area contributed by atoms with Crippen molar-refractivity contribution in [1.82, 2.24) is 40.4 Å². The molecule has 2 aromatic carbocycles. The molecule has 2 fully saturated rings. The number of rotatable bonds is 10. The molecule has 2 aliphatic rings. The maximum absolute atomic E-state index is 13.6. The summed E-state index contributed by atoms with van der Waals surface area (Å²) in [4.78, 5) is 70.5. The van der Waals surface area contributed by atoms with Gasteiger partial charge in [-0.1, -0.05) is 63.8 Å². The lowest BCUT2D eigenvalue weighted by Crippen LogP contribution is -2.54. The Bertz CT molecular complexity index is 2100. The van der Waals surface area contributed by atoms with Crippen molar-refractivity contribution in [2.45, 2.75) is 64.7 Å². The van der Waals surface area contributed by atoms with Gasteiger partial charge < -0.3 is 44.6 Å². The summed E-state index contributed by atoms with van der Waals surface area (Å²) < 4.78 is 15.2. The van der Waals surface area contributed by atoms with Gasteiger partial charge in [-0.25, -0.2) is 19.6 Å². The Kier molecular flexibility index (Phi) is 12.9. The second kappa shape index (κ2) is 18.2. The van der Waals surface area contributed by atoms with Crippen LogP contribution in [0.4, 0.5) is 9.59 Å². The van der Waals surface area contributed by atoms with Gasteiger partial charge in [-0.05, 0) is 60.1 Å². The molecule has 2 saturated heterocycles. The molecule has 4 amide bonds. The van der Waals surface area contributed by atoms with Crippen molar-refractivity contribution in [3.05, 3.63) is 83.7 Å². The Labute approximate surface area is 332 Å². The topological polar surface area (TPSA) is 184 Å². The lowest BCUT2D eigenvalue weighted by molar-refractivity contribution is -0.143. The fourth-order valence-corrected chi connectivity index (χ4v) is 7.08. The standard InChI is InChI=1S/C42H50N8O7/c1-25(2)35(47-41(53)55-5)39(51)49-19-7-8-33(49)37-43-22-31(45-37)29-15-11-27(12-16-29)9-10-28-13-17-30(18-14-28)32-23-44-38(46-32)34-24-57-21-20-50(34)40(52)36(26(3)4)48-42(54)56-6/h11-18,22-23,25-26,33-36H,7-8,19-21,24H2,1-6H3,(H,43,45)(H,44,46)(H,47,53)(H,48,54)/t33-,34-,35-,36-/m0/s1. The molecule has 0 bridgehead atoms. The Balaban J connectivity index is 1.08. The summed E-state index contributed by atoms with van der Waals surface area (Å²) in [6, 6.07) is 13.6. The van der Waals surface area contributed by atoms with E-state index in [0.29, 0.717) is 31.3 Å². The lowest BCUT2D eigenvalue weighted by atomic mass is 10.0. The molecule has 4 atom stereocenters. The van der Waals surface area contributed by atoms with Crippen molar-refractivity contribution in [2.75, 3.05) is 40.5 Å². The number of morpholine rings is 1. The minimum Gasteiger partial charge on any atom is -0.453 e. The number of carbonyl (C=O) groups excluding carboxylic acids is 4. The molecule has 300 valence electrons. The first-order valence-corrected chi connectivity index (χ1v) is 19.2. The fourth-order valence-electron chi connectivity index (χ4n) is 7.08. The van der Waals surface area contributed by atoms with E-state index in [4.69, 9.17) is 14.2 Å². The normalized spacial score (nSPS) is 17.8. The van der Waals surface area contributed by atoms with Gasteiger partial charge in [-0.3, -0.25) is 9.59 Å². The third kappa shape index (κ3) is 9.46. The Hall–Kier alpha value is -6.14. The molecule has 15 heteroatoms. The largest absolute Gasteiger partial charge is 0.453 e. The molecule has 57 heavy (non-hydrogen) atoms. The molecular weight excluding hydrogens is 729 g/mol. The first-order chi connectivity index (χ1) is 27.5. The van der Waals surface area contributed by atoms with Crippen LogP contribution in [-0.2, 0) is 23.8 Å². The highest BCUT2D eigenvalue weighted by molar-refractivity contribution is 5.87. The van der Waals surface area contributed by atoms with Crippen LogP contribution in [0.5, 0.6) is 0 Å². The summed E-state index contributed by atoms with van der Waals surface area (Å²) in [5.74, 6) is 7.14. The van der Waals surface area contributed by atoms with Crippen LogP contribution in [0, 0.1) is 23.7 Å². The molecule has 4 heterocycles. The Morgan fingerprint density at radius 1 is 0.719 bits per heavy atom. The Morgan fingerprint density at radius 2 is 1.18 bits per heavy atom. The van der Waals surface area contributed by atoms with Crippen LogP contribution in [0.1, 0.15) is 75.4 Å². The van der Waals surface area contributed by atoms with Crippen LogP contribution < -0.4 is 10.6 Å². The quantitative estimate of drug-likeness (QED) is 0.157. The molecule has 2 aromatic heterocycles. The predicted molar refractivity (Wildman–Crippen MR) is 211 cm³/mol. The van der Waals surface area contributed by atoms with Crippen LogP contribution in [0.15, 0.2) is 60.9 Å².